The number of nitrogens with one attached hydrogen (secondary N) is 1. The molecule has 7 heteroatoms. The Morgan fingerprint density at radius 2 is 2.26 bits per heavy atom. The molecule has 1 aliphatic heterocycles. The highest BCUT2D eigenvalue weighted by molar-refractivity contribution is 7.91. The molecule has 2 heterocycles. The maximum atomic E-state index is 11.6. The van der Waals surface area contributed by atoms with E-state index in [9.17, 15) is 8.42 Å². The maximum Gasteiger partial charge on any atom is 0.185 e. The molecule has 1 aromatic heterocycles. The Balaban J connectivity index is 1.94. The molecule has 1 aliphatic rings. The van der Waals surface area contributed by atoms with E-state index >= 15 is 0 Å². The molecule has 19 heavy (non-hydrogen) atoms. The lowest BCUT2D eigenvalue weighted by atomic mass is 10.4. The van der Waals surface area contributed by atoms with Crippen molar-refractivity contribution in [3.63, 3.8) is 0 Å². The molecule has 1 aromatic rings. The summed E-state index contributed by atoms with van der Waals surface area (Å²) in [5, 5.41) is 6.33. The largest absolute Gasteiger partial charge is 0.347 e. The van der Waals surface area contributed by atoms with Crippen LogP contribution in [0, 0.1) is 0 Å². The van der Waals surface area contributed by atoms with Gasteiger partial charge in [0.15, 0.2) is 15.0 Å². The van der Waals surface area contributed by atoms with Crippen LogP contribution in [-0.2, 0) is 16.4 Å². The summed E-state index contributed by atoms with van der Waals surface area (Å²) >= 11 is 1.60. The summed E-state index contributed by atoms with van der Waals surface area (Å²) in [7, 11) is -2.85. The summed E-state index contributed by atoms with van der Waals surface area (Å²) in [6, 6.07) is 0. The van der Waals surface area contributed by atoms with Gasteiger partial charge in [-0.3, -0.25) is 0 Å². The molecule has 0 atom stereocenters. The van der Waals surface area contributed by atoms with E-state index in [-0.39, 0.29) is 5.75 Å². The number of anilines is 1. The number of sulfone groups is 1. The van der Waals surface area contributed by atoms with Gasteiger partial charge in [0.1, 0.15) is 0 Å². The Morgan fingerprint density at radius 3 is 3.05 bits per heavy atom. The fourth-order valence-corrected chi connectivity index (χ4v) is 4.20. The first-order valence-corrected chi connectivity index (χ1v) is 9.41. The highest BCUT2D eigenvalue weighted by Crippen LogP contribution is 2.22. The second-order valence-electron chi connectivity index (χ2n) is 4.79. The van der Waals surface area contributed by atoms with Gasteiger partial charge in [-0.25, -0.2) is 13.4 Å². The summed E-state index contributed by atoms with van der Waals surface area (Å²) in [5.41, 5.74) is 1.04. The van der Waals surface area contributed by atoms with Crippen molar-refractivity contribution >= 4 is 26.3 Å². The van der Waals surface area contributed by atoms with Crippen molar-refractivity contribution in [2.45, 2.75) is 26.3 Å². The smallest absolute Gasteiger partial charge is 0.185 e. The maximum absolute atomic E-state index is 11.6. The fourth-order valence-electron chi connectivity index (χ4n) is 2.05. The lowest BCUT2D eigenvalue weighted by molar-refractivity contribution is 0.597. The third kappa shape index (κ3) is 4.43. The first-order valence-electron chi connectivity index (χ1n) is 6.71. The average Bonchev–Trinajstić information content (AvgIpc) is 2.75. The van der Waals surface area contributed by atoms with Crippen LogP contribution in [-0.4, -0.2) is 44.5 Å². The third-order valence-corrected chi connectivity index (χ3v) is 5.76. The van der Waals surface area contributed by atoms with Crippen molar-refractivity contribution in [1.82, 2.24) is 10.3 Å². The minimum Gasteiger partial charge on any atom is -0.347 e. The molecule has 1 N–H and O–H groups in total. The molecule has 0 aromatic carbocycles. The summed E-state index contributed by atoms with van der Waals surface area (Å²) in [6.07, 6.45) is 1.81. The Hall–Kier alpha value is -0.660. The summed E-state index contributed by atoms with van der Waals surface area (Å²) in [6.45, 7) is 5.27. The van der Waals surface area contributed by atoms with Gasteiger partial charge < -0.3 is 10.2 Å². The van der Waals surface area contributed by atoms with Crippen LogP contribution in [0.4, 0.5) is 5.13 Å². The molecule has 0 spiro atoms. The van der Waals surface area contributed by atoms with Crippen molar-refractivity contribution in [2.75, 3.05) is 36.0 Å². The van der Waals surface area contributed by atoms with E-state index in [0.717, 1.165) is 36.9 Å². The van der Waals surface area contributed by atoms with Gasteiger partial charge in [0, 0.05) is 25.0 Å². The molecule has 5 nitrogen and oxygen atoms in total. The molecule has 0 saturated carbocycles. The van der Waals surface area contributed by atoms with Crippen LogP contribution in [0.15, 0.2) is 5.38 Å². The van der Waals surface area contributed by atoms with Crippen LogP contribution >= 0.6 is 11.3 Å². The van der Waals surface area contributed by atoms with Crippen molar-refractivity contribution in [3.05, 3.63) is 11.1 Å². The van der Waals surface area contributed by atoms with Crippen LogP contribution in [0.1, 0.15) is 25.5 Å². The van der Waals surface area contributed by atoms with E-state index in [4.69, 9.17) is 0 Å². The second kappa shape index (κ2) is 6.67. The second-order valence-corrected chi connectivity index (χ2v) is 7.93. The predicted molar refractivity (Wildman–Crippen MR) is 79.6 cm³/mol. The van der Waals surface area contributed by atoms with Crippen LogP contribution in [0.5, 0.6) is 0 Å². The van der Waals surface area contributed by atoms with E-state index < -0.39 is 9.84 Å². The zero-order chi connectivity index (χ0) is 13.7. The first-order chi connectivity index (χ1) is 9.11. The number of nitrogens with zero attached hydrogens (tertiary/aromatic N) is 2. The fraction of sp³-hybridized carbons (Fsp3) is 0.750. The molecule has 1 fully saturated rings. The van der Waals surface area contributed by atoms with E-state index in [1.165, 1.54) is 0 Å². The van der Waals surface area contributed by atoms with Gasteiger partial charge >= 0.3 is 0 Å². The van der Waals surface area contributed by atoms with Gasteiger partial charge in [-0.2, -0.15) is 0 Å². The molecule has 2 rings (SSSR count). The minimum absolute atomic E-state index is 0.246. The van der Waals surface area contributed by atoms with Gasteiger partial charge in [-0.15, -0.1) is 11.3 Å². The Bertz CT molecular complexity index is 499. The van der Waals surface area contributed by atoms with Gasteiger partial charge in [0.2, 0.25) is 0 Å². The third-order valence-electron chi connectivity index (χ3n) is 3.10. The number of thiazole rings is 1. The number of aromatic nitrogens is 1. The topological polar surface area (TPSA) is 62.3 Å². The number of rotatable bonds is 5. The van der Waals surface area contributed by atoms with Gasteiger partial charge in [-0.05, 0) is 19.4 Å². The predicted octanol–water partition coefficient (Wildman–Crippen LogP) is 1.27. The summed E-state index contributed by atoms with van der Waals surface area (Å²) in [5.74, 6) is 0.551. The quantitative estimate of drug-likeness (QED) is 0.830. The van der Waals surface area contributed by atoms with Crippen molar-refractivity contribution in [1.29, 1.82) is 0 Å². The highest BCUT2D eigenvalue weighted by atomic mass is 32.2. The monoisotopic (exact) mass is 303 g/mol. The van der Waals surface area contributed by atoms with E-state index in [1.54, 1.807) is 11.3 Å². The molecule has 1 saturated heterocycles. The Morgan fingerprint density at radius 1 is 1.42 bits per heavy atom. The van der Waals surface area contributed by atoms with E-state index in [0.29, 0.717) is 18.7 Å². The lowest BCUT2D eigenvalue weighted by Crippen LogP contribution is -2.26. The lowest BCUT2D eigenvalue weighted by Gasteiger charge is -2.17. The number of hydrogen-bond acceptors (Lipinski definition) is 6. The van der Waals surface area contributed by atoms with Crippen molar-refractivity contribution in [3.8, 4) is 0 Å². The van der Waals surface area contributed by atoms with Crippen molar-refractivity contribution in [2.24, 2.45) is 0 Å². The van der Waals surface area contributed by atoms with E-state index in [2.05, 4.69) is 27.5 Å². The SMILES string of the molecule is CCCNCc1csc(N2CCCS(=O)(=O)CC2)n1. The molecule has 0 amide bonds. The number of hydrogen-bond donors (Lipinski definition) is 1. The highest BCUT2D eigenvalue weighted by Gasteiger charge is 2.20. The minimum atomic E-state index is -2.85. The van der Waals surface area contributed by atoms with Crippen LogP contribution in [0.3, 0.4) is 0 Å². The average molecular weight is 303 g/mol. The molecule has 0 unspecified atom stereocenters. The van der Waals surface area contributed by atoms with E-state index in [1.807, 2.05) is 0 Å². The normalized spacial score (nSPS) is 19.3. The molecule has 0 radical (unpaired) electrons. The zero-order valence-corrected chi connectivity index (χ0v) is 12.9. The van der Waals surface area contributed by atoms with Gasteiger partial charge in [-0.1, -0.05) is 6.92 Å². The van der Waals surface area contributed by atoms with Gasteiger partial charge in [0.05, 0.1) is 17.2 Å². The first kappa shape index (κ1) is 14.7. The molecule has 0 bridgehead atoms. The van der Waals surface area contributed by atoms with Crippen LogP contribution in [0.2, 0.25) is 0 Å². The Kier molecular flexibility index (Phi) is 5.18. The zero-order valence-electron chi connectivity index (χ0n) is 11.3. The van der Waals surface area contributed by atoms with Crippen molar-refractivity contribution < 1.29 is 8.42 Å². The molecule has 0 aliphatic carbocycles. The molecular weight excluding hydrogens is 282 g/mol. The molecular formula is C12H21N3O2S2. The standard InChI is InChI=1S/C12H21N3O2S2/c1-2-4-13-9-11-10-18-12(14-11)15-5-3-7-19(16,17)8-6-15/h10,13H,2-9H2,1H3. The summed E-state index contributed by atoms with van der Waals surface area (Å²) < 4.78 is 23.1. The van der Waals surface area contributed by atoms with Crippen LogP contribution in [0.25, 0.3) is 0 Å². The van der Waals surface area contributed by atoms with Crippen LogP contribution < -0.4 is 10.2 Å². The molecule has 108 valence electrons. The summed E-state index contributed by atoms with van der Waals surface area (Å²) in [4.78, 5) is 6.68. The Labute approximate surface area is 119 Å². The van der Waals surface area contributed by atoms with Gasteiger partial charge in [0.25, 0.3) is 0 Å².